The van der Waals surface area contributed by atoms with E-state index in [9.17, 15) is 9.90 Å². The normalized spacial score (nSPS) is 13.2. The number of aliphatic hydroxyl groups is 1. The summed E-state index contributed by atoms with van der Waals surface area (Å²) in [7, 11) is 0. The Bertz CT molecular complexity index is 75.7. The van der Waals surface area contributed by atoms with Gasteiger partial charge in [0.2, 0.25) is 0 Å². The van der Waals surface area contributed by atoms with Gasteiger partial charge in [-0.1, -0.05) is 6.92 Å². The fourth-order valence-electron chi connectivity index (χ4n) is 0.370. The van der Waals surface area contributed by atoms with Crippen LogP contribution in [0.5, 0.6) is 0 Å². The number of carbonyl (C=O) groups excluding carboxylic acids is 1. The van der Waals surface area contributed by atoms with Gasteiger partial charge in [-0.3, -0.25) is 0 Å². The largest absolute Gasteiger partial charge is 0.395 e. The van der Waals surface area contributed by atoms with Crippen LogP contribution >= 0.6 is 0 Å². The van der Waals surface area contributed by atoms with Gasteiger partial charge >= 0.3 is 5.97 Å². The number of aliphatic hydroxyl groups excluding tert-OH is 1. The van der Waals surface area contributed by atoms with E-state index in [2.05, 4.69) is 0 Å². The first-order valence-electron chi connectivity index (χ1n) is 2.54. The number of hydrogen-bond donors (Lipinski definition) is 1. The average Bonchev–Trinajstić information content (AvgIpc) is 1.69. The van der Waals surface area contributed by atoms with E-state index in [0.717, 1.165) is 0 Å². The van der Waals surface area contributed by atoms with Crippen molar-refractivity contribution in [3.05, 3.63) is 0 Å². The molecule has 1 radical (unpaired) electrons. The summed E-state index contributed by atoms with van der Waals surface area (Å²) in [6, 6.07) is 0. The summed E-state index contributed by atoms with van der Waals surface area (Å²) in [5.41, 5.74) is 0. The molecule has 0 aliphatic carbocycles. The first kappa shape index (κ1) is 7.43. The van der Waals surface area contributed by atoms with Gasteiger partial charge in [0, 0.05) is 0 Å². The van der Waals surface area contributed by atoms with Crippen LogP contribution in [0.25, 0.3) is 0 Å². The maximum atomic E-state index is 9.89. The summed E-state index contributed by atoms with van der Waals surface area (Å²) in [6.07, 6.45) is 0.429. The van der Waals surface area contributed by atoms with Crippen molar-refractivity contribution >= 4 is 5.97 Å². The van der Waals surface area contributed by atoms with E-state index in [1.54, 1.807) is 6.92 Å². The SMILES string of the molecule is CCC(CO)C([O])=O. The Kier molecular flexibility index (Phi) is 3.19. The number of carbonyl (C=O) groups is 1. The molecule has 1 unspecified atom stereocenters. The van der Waals surface area contributed by atoms with Gasteiger partial charge in [-0.15, -0.1) is 0 Å². The maximum Gasteiger partial charge on any atom is 0.360 e. The molecule has 8 heavy (non-hydrogen) atoms. The predicted molar refractivity (Wildman–Crippen MR) is 26.6 cm³/mol. The van der Waals surface area contributed by atoms with Crippen molar-refractivity contribution in [3.63, 3.8) is 0 Å². The Hall–Kier alpha value is -0.570. The number of hydrogen-bond acceptors (Lipinski definition) is 2. The summed E-state index contributed by atoms with van der Waals surface area (Å²) in [4.78, 5) is 9.89. The molecule has 0 aromatic rings. The zero-order valence-corrected chi connectivity index (χ0v) is 4.76. The zero-order valence-electron chi connectivity index (χ0n) is 4.76. The molecular weight excluding hydrogens is 108 g/mol. The Morgan fingerprint density at radius 3 is 2.25 bits per heavy atom. The van der Waals surface area contributed by atoms with Crippen molar-refractivity contribution in [1.82, 2.24) is 0 Å². The van der Waals surface area contributed by atoms with Gasteiger partial charge < -0.3 is 5.11 Å². The summed E-state index contributed by atoms with van der Waals surface area (Å²) >= 11 is 0. The van der Waals surface area contributed by atoms with Crippen LogP contribution in [0.4, 0.5) is 0 Å². The fraction of sp³-hybridized carbons (Fsp3) is 0.800. The summed E-state index contributed by atoms with van der Waals surface area (Å²) in [5, 5.41) is 18.2. The minimum atomic E-state index is -1.17. The number of rotatable bonds is 3. The van der Waals surface area contributed by atoms with E-state index < -0.39 is 11.9 Å². The van der Waals surface area contributed by atoms with Gasteiger partial charge in [0.05, 0.1) is 12.5 Å². The van der Waals surface area contributed by atoms with Gasteiger partial charge in [0.15, 0.2) is 0 Å². The maximum absolute atomic E-state index is 9.89. The lowest BCUT2D eigenvalue weighted by Crippen LogP contribution is -2.14. The van der Waals surface area contributed by atoms with Crippen LogP contribution < -0.4 is 0 Å². The third-order valence-electron chi connectivity index (χ3n) is 1.05. The molecule has 0 spiro atoms. The molecule has 1 atom stereocenters. The van der Waals surface area contributed by atoms with Crippen molar-refractivity contribution in [2.45, 2.75) is 13.3 Å². The van der Waals surface area contributed by atoms with E-state index in [0.29, 0.717) is 6.42 Å². The quantitative estimate of drug-likeness (QED) is 0.564. The second kappa shape index (κ2) is 3.43. The molecule has 0 bridgehead atoms. The predicted octanol–water partition coefficient (Wildman–Crippen LogP) is -0.0380. The molecule has 3 nitrogen and oxygen atoms in total. The minimum Gasteiger partial charge on any atom is -0.395 e. The average molecular weight is 117 g/mol. The smallest absolute Gasteiger partial charge is 0.360 e. The van der Waals surface area contributed by atoms with Gasteiger partial charge in [-0.2, -0.15) is 0 Å². The Morgan fingerprint density at radius 2 is 2.25 bits per heavy atom. The fourth-order valence-corrected chi connectivity index (χ4v) is 0.370. The van der Waals surface area contributed by atoms with Crippen molar-refractivity contribution in [2.24, 2.45) is 5.92 Å². The minimum absolute atomic E-state index is 0.321. The lowest BCUT2D eigenvalue weighted by Gasteiger charge is -1.99. The molecule has 0 aliphatic heterocycles. The Labute approximate surface area is 47.9 Å². The molecule has 1 N–H and O–H groups in total. The van der Waals surface area contributed by atoms with Crippen LogP contribution in [0.15, 0.2) is 0 Å². The molecule has 0 fully saturated rings. The van der Waals surface area contributed by atoms with E-state index in [4.69, 9.17) is 5.11 Å². The van der Waals surface area contributed by atoms with Crippen molar-refractivity contribution in [2.75, 3.05) is 6.61 Å². The van der Waals surface area contributed by atoms with Crippen molar-refractivity contribution in [1.29, 1.82) is 0 Å². The summed E-state index contributed by atoms with van der Waals surface area (Å²) < 4.78 is 0. The highest BCUT2D eigenvalue weighted by Crippen LogP contribution is 1.99. The van der Waals surface area contributed by atoms with E-state index in [1.807, 2.05) is 0 Å². The van der Waals surface area contributed by atoms with Crippen molar-refractivity contribution < 1.29 is 15.0 Å². The van der Waals surface area contributed by atoms with Crippen LogP contribution in [0.3, 0.4) is 0 Å². The monoisotopic (exact) mass is 117 g/mol. The molecular formula is C5H9O3. The van der Waals surface area contributed by atoms with Gasteiger partial charge in [-0.25, -0.2) is 9.90 Å². The highest BCUT2D eigenvalue weighted by atomic mass is 16.4. The Morgan fingerprint density at radius 1 is 1.75 bits per heavy atom. The molecule has 0 aromatic heterocycles. The van der Waals surface area contributed by atoms with E-state index >= 15 is 0 Å². The standard InChI is InChI=1S/C5H9O3/c1-2-4(3-6)5(7)8/h4,6H,2-3H2,1H3. The van der Waals surface area contributed by atoms with Gasteiger partial charge in [0.1, 0.15) is 0 Å². The molecule has 0 aliphatic rings. The van der Waals surface area contributed by atoms with Gasteiger partial charge in [-0.05, 0) is 6.42 Å². The molecule has 0 amide bonds. The van der Waals surface area contributed by atoms with E-state index in [1.165, 1.54) is 0 Å². The third-order valence-corrected chi connectivity index (χ3v) is 1.05. The van der Waals surface area contributed by atoms with E-state index in [-0.39, 0.29) is 6.61 Å². The summed E-state index contributed by atoms with van der Waals surface area (Å²) in [5.74, 6) is -1.86. The first-order valence-corrected chi connectivity index (χ1v) is 2.54. The van der Waals surface area contributed by atoms with Crippen LogP contribution in [-0.4, -0.2) is 17.7 Å². The van der Waals surface area contributed by atoms with Crippen LogP contribution in [0.1, 0.15) is 13.3 Å². The molecule has 0 heterocycles. The van der Waals surface area contributed by atoms with Gasteiger partial charge in [0.25, 0.3) is 0 Å². The van der Waals surface area contributed by atoms with Crippen LogP contribution in [0.2, 0.25) is 0 Å². The second-order valence-electron chi connectivity index (χ2n) is 1.61. The second-order valence-corrected chi connectivity index (χ2v) is 1.61. The zero-order chi connectivity index (χ0) is 6.57. The molecule has 0 saturated carbocycles. The Balaban J connectivity index is 3.52. The van der Waals surface area contributed by atoms with Crippen LogP contribution in [0, 0.1) is 5.92 Å². The first-order chi connectivity index (χ1) is 3.72. The highest BCUT2D eigenvalue weighted by Gasteiger charge is 2.14. The molecule has 0 aromatic carbocycles. The van der Waals surface area contributed by atoms with Crippen molar-refractivity contribution in [3.8, 4) is 0 Å². The summed E-state index contributed by atoms with van der Waals surface area (Å²) in [6.45, 7) is 1.37. The third kappa shape index (κ3) is 1.93. The highest BCUT2D eigenvalue weighted by molar-refractivity contribution is 5.69. The molecule has 0 saturated heterocycles. The topological polar surface area (TPSA) is 57.2 Å². The molecule has 3 heteroatoms. The lowest BCUT2D eigenvalue weighted by molar-refractivity contribution is -0.149. The van der Waals surface area contributed by atoms with Crippen LogP contribution in [-0.2, 0) is 9.90 Å². The lowest BCUT2D eigenvalue weighted by atomic mass is 10.1. The molecule has 0 rings (SSSR count). The molecule has 47 valence electrons.